The molecule has 0 radical (unpaired) electrons. The maximum absolute atomic E-state index is 12.4. The summed E-state index contributed by atoms with van der Waals surface area (Å²) in [5.74, 6) is 0. The Morgan fingerprint density at radius 3 is 2.71 bits per heavy atom. The van der Waals surface area contributed by atoms with E-state index in [2.05, 4.69) is 10.1 Å². The van der Waals surface area contributed by atoms with Gasteiger partial charge in [0.25, 0.3) is 0 Å². The van der Waals surface area contributed by atoms with Gasteiger partial charge in [0, 0.05) is 12.4 Å². The van der Waals surface area contributed by atoms with Gasteiger partial charge in [-0.3, -0.25) is 0 Å². The van der Waals surface area contributed by atoms with Crippen molar-refractivity contribution in [3.05, 3.63) is 42.0 Å². The molecule has 86 valence electrons. The first-order chi connectivity index (χ1) is 8.02. The average Bonchev–Trinajstić information content (AvgIpc) is 2.77. The molecule has 0 fully saturated rings. The molecule has 0 saturated carbocycles. The molecular formula is C10H5F3N4. The van der Waals surface area contributed by atoms with Crippen molar-refractivity contribution in [1.82, 2.24) is 14.8 Å². The van der Waals surface area contributed by atoms with Gasteiger partial charge < -0.3 is 0 Å². The van der Waals surface area contributed by atoms with Crippen LogP contribution in [0.5, 0.6) is 0 Å². The Kier molecular flexibility index (Phi) is 2.55. The van der Waals surface area contributed by atoms with Crippen LogP contribution in [-0.4, -0.2) is 14.8 Å². The molecule has 0 aliphatic carbocycles. The standard InChI is InChI=1S/C10H5F3N4/c11-10(12,13)7-5-16-17(6-7)9-2-1-3-15-8(9)4-14/h1-3,5-6H. The van der Waals surface area contributed by atoms with E-state index in [9.17, 15) is 13.2 Å². The lowest BCUT2D eigenvalue weighted by atomic mass is 10.3. The van der Waals surface area contributed by atoms with Crippen LogP contribution < -0.4 is 0 Å². The molecule has 2 aromatic heterocycles. The summed E-state index contributed by atoms with van der Waals surface area (Å²) >= 11 is 0. The number of aromatic nitrogens is 3. The second kappa shape index (κ2) is 3.90. The van der Waals surface area contributed by atoms with E-state index in [1.165, 1.54) is 18.3 Å². The SMILES string of the molecule is N#Cc1ncccc1-n1cc(C(F)(F)F)cn1. The number of hydrogen-bond acceptors (Lipinski definition) is 3. The molecule has 0 spiro atoms. The number of nitrogens with zero attached hydrogens (tertiary/aromatic N) is 4. The monoisotopic (exact) mass is 238 g/mol. The average molecular weight is 238 g/mol. The molecule has 7 heteroatoms. The van der Waals surface area contributed by atoms with Crippen LogP contribution in [-0.2, 0) is 6.18 Å². The fourth-order valence-corrected chi connectivity index (χ4v) is 1.27. The summed E-state index contributed by atoms with van der Waals surface area (Å²) in [4.78, 5) is 3.74. The van der Waals surface area contributed by atoms with Crippen molar-refractivity contribution >= 4 is 0 Å². The summed E-state index contributed by atoms with van der Waals surface area (Å²) in [5.41, 5.74) is -0.639. The van der Waals surface area contributed by atoms with E-state index in [0.717, 1.165) is 10.9 Å². The Hall–Kier alpha value is -2.36. The van der Waals surface area contributed by atoms with Gasteiger partial charge in [0.2, 0.25) is 0 Å². The van der Waals surface area contributed by atoms with Crippen molar-refractivity contribution in [3.8, 4) is 11.8 Å². The van der Waals surface area contributed by atoms with Crippen LogP contribution in [0.25, 0.3) is 5.69 Å². The van der Waals surface area contributed by atoms with Crippen molar-refractivity contribution in [2.24, 2.45) is 0 Å². The van der Waals surface area contributed by atoms with Crippen LogP contribution in [0.15, 0.2) is 30.7 Å². The van der Waals surface area contributed by atoms with Crippen molar-refractivity contribution in [2.75, 3.05) is 0 Å². The normalized spacial score (nSPS) is 11.2. The highest BCUT2D eigenvalue weighted by Crippen LogP contribution is 2.29. The number of rotatable bonds is 1. The van der Waals surface area contributed by atoms with Crippen LogP contribution in [0.4, 0.5) is 13.2 Å². The summed E-state index contributed by atoms with van der Waals surface area (Å²) in [7, 11) is 0. The van der Waals surface area contributed by atoms with Crippen LogP contribution >= 0.6 is 0 Å². The van der Waals surface area contributed by atoms with Crippen molar-refractivity contribution in [3.63, 3.8) is 0 Å². The molecule has 0 aromatic carbocycles. The molecule has 4 nitrogen and oxygen atoms in total. The molecule has 0 amide bonds. The summed E-state index contributed by atoms with van der Waals surface area (Å²) in [6.07, 6.45) is -1.55. The minimum Gasteiger partial charge on any atom is -0.243 e. The zero-order valence-electron chi connectivity index (χ0n) is 8.31. The Labute approximate surface area is 93.9 Å². The minimum absolute atomic E-state index is 0.0179. The van der Waals surface area contributed by atoms with E-state index in [-0.39, 0.29) is 11.4 Å². The number of hydrogen-bond donors (Lipinski definition) is 0. The molecule has 0 atom stereocenters. The Balaban J connectivity index is 2.49. The van der Waals surface area contributed by atoms with Crippen molar-refractivity contribution in [1.29, 1.82) is 5.26 Å². The second-order valence-electron chi connectivity index (χ2n) is 3.15. The minimum atomic E-state index is -4.45. The molecular weight excluding hydrogens is 233 g/mol. The molecule has 2 aromatic rings. The molecule has 0 aliphatic heterocycles. The first-order valence-electron chi connectivity index (χ1n) is 4.50. The zero-order valence-corrected chi connectivity index (χ0v) is 8.31. The molecule has 17 heavy (non-hydrogen) atoms. The third-order valence-corrected chi connectivity index (χ3v) is 2.05. The second-order valence-corrected chi connectivity index (χ2v) is 3.15. The molecule has 0 saturated heterocycles. The van der Waals surface area contributed by atoms with E-state index < -0.39 is 11.7 Å². The number of halogens is 3. The van der Waals surface area contributed by atoms with E-state index in [4.69, 9.17) is 5.26 Å². The fourth-order valence-electron chi connectivity index (χ4n) is 1.27. The van der Waals surface area contributed by atoms with E-state index in [1.54, 1.807) is 6.07 Å². The lowest BCUT2D eigenvalue weighted by Gasteiger charge is -2.03. The van der Waals surface area contributed by atoms with Gasteiger partial charge in [0.15, 0.2) is 5.69 Å². The molecule has 2 rings (SSSR count). The molecule has 2 heterocycles. The van der Waals surface area contributed by atoms with Crippen LogP contribution in [0.3, 0.4) is 0 Å². The first kappa shape index (κ1) is 11.1. The van der Waals surface area contributed by atoms with E-state index in [0.29, 0.717) is 6.20 Å². The Morgan fingerprint density at radius 1 is 1.35 bits per heavy atom. The van der Waals surface area contributed by atoms with Crippen LogP contribution in [0.2, 0.25) is 0 Å². The van der Waals surface area contributed by atoms with Gasteiger partial charge in [0.05, 0.1) is 11.8 Å². The lowest BCUT2D eigenvalue weighted by Crippen LogP contribution is -2.03. The predicted octanol–water partition coefficient (Wildman–Crippen LogP) is 2.16. The lowest BCUT2D eigenvalue weighted by molar-refractivity contribution is -0.137. The molecule has 0 N–H and O–H groups in total. The van der Waals surface area contributed by atoms with E-state index in [1.807, 2.05) is 0 Å². The topological polar surface area (TPSA) is 54.5 Å². The third-order valence-electron chi connectivity index (χ3n) is 2.05. The highest BCUT2D eigenvalue weighted by molar-refractivity contribution is 5.43. The number of alkyl halides is 3. The molecule has 0 bridgehead atoms. The number of nitriles is 1. The summed E-state index contributed by atoms with van der Waals surface area (Å²) in [6.45, 7) is 0. The van der Waals surface area contributed by atoms with Gasteiger partial charge in [-0.05, 0) is 12.1 Å². The maximum Gasteiger partial charge on any atom is 0.419 e. The Bertz CT molecular complexity index is 580. The predicted molar refractivity (Wildman–Crippen MR) is 51.1 cm³/mol. The third kappa shape index (κ3) is 2.10. The van der Waals surface area contributed by atoms with Crippen LogP contribution in [0, 0.1) is 11.3 Å². The largest absolute Gasteiger partial charge is 0.419 e. The first-order valence-corrected chi connectivity index (χ1v) is 4.50. The van der Waals surface area contributed by atoms with Gasteiger partial charge in [-0.25, -0.2) is 9.67 Å². The zero-order chi connectivity index (χ0) is 12.5. The Morgan fingerprint density at radius 2 is 2.12 bits per heavy atom. The van der Waals surface area contributed by atoms with Gasteiger partial charge in [-0.1, -0.05) is 0 Å². The summed E-state index contributed by atoms with van der Waals surface area (Å²) < 4.78 is 38.1. The summed E-state index contributed by atoms with van der Waals surface area (Å²) in [5, 5.41) is 12.3. The van der Waals surface area contributed by atoms with Crippen LogP contribution in [0.1, 0.15) is 11.3 Å². The summed E-state index contributed by atoms with van der Waals surface area (Å²) in [6, 6.07) is 4.78. The highest BCUT2D eigenvalue weighted by atomic mass is 19.4. The molecule has 0 aliphatic rings. The smallest absolute Gasteiger partial charge is 0.243 e. The van der Waals surface area contributed by atoms with Crippen molar-refractivity contribution < 1.29 is 13.2 Å². The quantitative estimate of drug-likeness (QED) is 0.764. The van der Waals surface area contributed by atoms with Crippen molar-refractivity contribution in [2.45, 2.75) is 6.18 Å². The maximum atomic E-state index is 12.4. The van der Waals surface area contributed by atoms with Gasteiger partial charge in [-0.15, -0.1) is 0 Å². The molecule has 0 unspecified atom stereocenters. The highest BCUT2D eigenvalue weighted by Gasteiger charge is 2.32. The fraction of sp³-hybridized carbons (Fsp3) is 0.100. The van der Waals surface area contributed by atoms with Gasteiger partial charge in [0.1, 0.15) is 11.8 Å². The van der Waals surface area contributed by atoms with Gasteiger partial charge >= 0.3 is 6.18 Å². The van der Waals surface area contributed by atoms with Gasteiger partial charge in [-0.2, -0.15) is 23.5 Å². The van der Waals surface area contributed by atoms with E-state index >= 15 is 0 Å². The number of pyridine rings is 1.